The van der Waals surface area contributed by atoms with Gasteiger partial charge in [-0.2, -0.15) is 0 Å². The summed E-state index contributed by atoms with van der Waals surface area (Å²) in [6.07, 6.45) is 1.30. The van der Waals surface area contributed by atoms with Gasteiger partial charge >= 0.3 is 5.97 Å². The number of hydrogen-bond acceptors (Lipinski definition) is 3. The molecule has 1 heterocycles. The molecule has 108 valence electrons. The third kappa shape index (κ3) is 3.05. The minimum atomic E-state index is -1.16. The Hall–Kier alpha value is -1.59. The van der Waals surface area contributed by atoms with E-state index in [1.54, 1.807) is 4.90 Å². The molecular formula is C13H22N2O4. The summed E-state index contributed by atoms with van der Waals surface area (Å²) in [6.45, 7) is 5.99. The van der Waals surface area contributed by atoms with E-state index in [2.05, 4.69) is 0 Å². The predicted octanol–water partition coefficient (Wildman–Crippen LogP) is 0.711. The van der Waals surface area contributed by atoms with Gasteiger partial charge in [0.2, 0.25) is 11.8 Å². The summed E-state index contributed by atoms with van der Waals surface area (Å²) in [7, 11) is 0. The lowest BCUT2D eigenvalue weighted by Crippen LogP contribution is -2.62. The quantitative estimate of drug-likeness (QED) is 0.816. The first-order valence-electron chi connectivity index (χ1n) is 6.62. The van der Waals surface area contributed by atoms with Gasteiger partial charge in [0, 0.05) is 33.5 Å². The van der Waals surface area contributed by atoms with Gasteiger partial charge in [0.05, 0.1) is 0 Å². The molecule has 0 radical (unpaired) electrons. The Morgan fingerprint density at radius 2 is 1.74 bits per heavy atom. The molecule has 1 N–H and O–H groups in total. The van der Waals surface area contributed by atoms with Gasteiger partial charge in [-0.3, -0.25) is 9.59 Å². The van der Waals surface area contributed by atoms with Gasteiger partial charge in [-0.25, -0.2) is 4.79 Å². The Kier molecular flexibility index (Phi) is 4.91. The normalized spacial score (nSPS) is 17.9. The number of rotatable bonds is 4. The molecule has 19 heavy (non-hydrogen) atoms. The van der Waals surface area contributed by atoms with Crippen molar-refractivity contribution in [3.8, 4) is 0 Å². The molecule has 6 nitrogen and oxygen atoms in total. The van der Waals surface area contributed by atoms with Crippen molar-refractivity contribution in [1.82, 2.24) is 9.80 Å². The van der Waals surface area contributed by atoms with Crippen molar-refractivity contribution in [2.75, 3.05) is 19.6 Å². The highest BCUT2D eigenvalue weighted by molar-refractivity contribution is 5.86. The van der Waals surface area contributed by atoms with E-state index in [1.165, 1.54) is 18.7 Å². The number of carboxylic acids is 1. The molecule has 2 amide bonds. The van der Waals surface area contributed by atoms with E-state index in [1.807, 2.05) is 6.92 Å². The van der Waals surface area contributed by atoms with Crippen molar-refractivity contribution >= 4 is 17.8 Å². The topological polar surface area (TPSA) is 77.9 Å². The van der Waals surface area contributed by atoms with E-state index >= 15 is 0 Å². The molecule has 0 unspecified atom stereocenters. The minimum absolute atomic E-state index is 0.0520. The highest BCUT2D eigenvalue weighted by Crippen LogP contribution is 2.30. The number of piperidine rings is 1. The van der Waals surface area contributed by atoms with E-state index < -0.39 is 11.5 Å². The predicted molar refractivity (Wildman–Crippen MR) is 69.5 cm³/mol. The summed E-state index contributed by atoms with van der Waals surface area (Å²) < 4.78 is 0. The zero-order chi connectivity index (χ0) is 14.6. The molecule has 0 saturated carbocycles. The summed E-state index contributed by atoms with van der Waals surface area (Å²) in [5.41, 5.74) is -1.16. The Morgan fingerprint density at radius 1 is 1.21 bits per heavy atom. The second-order valence-corrected chi connectivity index (χ2v) is 5.01. The van der Waals surface area contributed by atoms with Crippen LogP contribution in [0.25, 0.3) is 0 Å². The first-order valence-corrected chi connectivity index (χ1v) is 6.62. The SMILES string of the molecule is CCCN(C(C)=O)C1(C(=O)O)CCN(C(C)=O)CC1. The molecule has 1 aliphatic rings. The molecule has 0 spiro atoms. The second kappa shape index (κ2) is 6.04. The molecule has 0 aliphatic carbocycles. The highest BCUT2D eigenvalue weighted by atomic mass is 16.4. The van der Waals surface area contributed by atoms with Crippen molar-refractivity contribution in [2.24, 2.45) is 0 Å². The molecule has 1 fully saturated rings. The van der Waals surface area contributed by atoms with E-state index in [0.29, 0.717) is 38.9 Å². The van der Waals surface area contributed by atoms with Crippen molar-refractivity contribution < 1.29 is 19.5 Å². The largest absolute Gasteiger partial charge is 0.479 e. The van der Waals surface area contributed by atoms with Gasteiger partial charge in [0.15, 0.2) is 0 Å². The van der Waals surface area contributed by atoms with Crippen molar-refractivity contribution in [3.63, 3.8) is 0 Å². The van der Waals surface area contributed by atoms with Crippen molar-refractivity contribution in [2.45, 2.75) is 45.6 Å². The lowest BCUT2D eigenvalue weighted by atomic mass is 9.85. The third-order valence-corrected chi connectivity index (χ3v) is 3.78. The maximum Gasteiger partial charge on any atom is 0.329 e. The third-order valence-electron chi connectivity index (χ3n) is 3.78. The Morgan fingerprint density at radius 3 is 2.05 bits per heavy atom. The average molecular weight is 270 g/mol. The number of carboxylic acid groups (broad SMARTS) is 1. The number of carbonyl (C=O) groups is 3. The lowest BCUT2D eigenvalue weighted by molar-refractivity contribution is -0.163. The molecule has 0 atom stereocenters. The monoisotopic (exact) mass is 270 g/mol. The van der Waals surface area contributed by atoms with Crippen molar-refractivity contribution in [3.05, 3.63) is 0 Å². The number of amides is 2. The fraction of sp³-hybridized carbons (Fsp3) is 0.769. The van der Waals surface area contributed by atoms with Crippen LogP contribution in [0.15, 0.2) is 0 Å². The van der Waals surface area contributed by atoms with Crippen LogP contribution in [-0.2, 0) is 14.4 Å². The summed E-state index contributed by atoms with van der Waals surface area (Å²) >= 11 is 0. The lowest BCUT2D eigenvalue weighted by Gasteiger charge is -2.45. The zero-order valence-corrected chi connectivity index (χ0v) is 11.8. The molecule has 6 heteroatoms. The fourth-order valence-electron chi connectivity index (χ4n) is 2.69. The van der Waals surface area contributed by atoms with Crippen LogP contribution < -0.4 is 0 Å². The van der Waals surface area contributed by atoms with E-state index in [0.717, 1.165) is 0 Å². The van der Waals surface area contributed by atoms with Gasteiger partial charge in [-0.05, 0) is 19.3 Å². The van der Waals surface area contributed by atoms with Crippen LogP contribution >= 0.6 is 0 Å². The summed E-state index contributed by atoms with van der Waals surface area (Å²) in [5.74, 6) is -1.25. The minimum Gasteiger partial charge on any atom is -0.479 e. The van der Waals surface area contributed by atoms with Crippen LogP contribution in [0.3, 0.4) is 0 Å². The van der Waals surface area contributed by atoms with Crippen molar-refractivity contribution in [1.29, 1.82) is 0 Å². The molecule has 0 aromatic carbocycles. The van der Waals surface area contributed by atoms with Gasteiger partial charge in [0.1, 0.15) is 5.54 Å². The standard InChI is InChI=1S/C13H22N2O4/c1-4-7-15(11(3)17)13(12(18)19)5-8-14(9-6-13)10(2)16/h4-9H2,1-3H3,(H,18,19). The Labute approximate surface area is 113 Å². The van der Waals surface area contributed by atoms with Crippen LogP contribution in [0.1, 0.15) is 40.0 Å². The maximum absolute atomic E-state index is 11.7. The number of likely N-dealkylation sites (tertiary alicyclic amines) is 1. The Balaban J connectivity index is 2.96. The first kappa shape index (κ1) is 15.5. The Bertz CT molecular complexity index is 373. The van der Waals surface area contributed by atoms with E-state index in [9.17, 15) is 19.5 Å². The molecule has 1 saturated heterocycles. The summed E-state index contributed by atoms with van der Waals surface area (Å²) in [4.78, 5) is 37.8. The highest BCUT2D eigenvalue weighted by Gasteiger charge is 2.47. The number of nitrogens with zero attached hydrogens (tertiary/aromatic N) is 2. The van der Waals surface area contributed by atoms with Gasteiger partial charge in [-0.15, -0.1) is 0 Å². The summed E-state index contributed by atoms with van der Waals surface area (Å²) in [5, 5.41) is 9.56. The van der Waals surface area contributed by atoms with Crippen LogP contribution in [-0.4, -0.2) is 57.9 Å². The van der Waals surface area contributed by atoms with Gasteiger partial charge in [0.25, 0.3) is 0 Å². The van der Waals surface area contributed by atoms with E-state index in [4.69, 9.17) is 0 Å². The van der Waals surface area contributed by atoms with Crippen LogP contribution in [0.5, 0.6) is 0 Å². The zero-order valence-electron chi connectivity index (χ0n) is 11.8. The first-order chi connectivity index (χ1) is 8.85. The molecule has 1 rings (SSSR count). The molecule has 1 aliphatic heterocycles. The van der Waals surface area contributed by atoms with Crippen LogP contribution in [0.4, 0.5) is 0 Å². The van der Waals surface area contributed by atoms with E-state index in [-0.39, 0.29) is 11.8 Å². The fourth-order valence-corrected chi connectivity index (χ4v) is 2.69. The second-order valence-electron chi connectivity index (χ2n) is 5.01. The smallest absolute Gasteiger partial charge is 0.329 e. The van der Waals surface area contributed by atoms with Gasteiger partial charge in [-0.1, -0.05) is 6.92 Å². The maximum atomic E-state index is 11.7. The van der Waals surface area contributed by atoms with Crippen LogP contribution in [0.2, 0.25) is 0 Å². The van der Waals surface area contributed by atoms with Crippen LogP contribution in [0, 0.1) is 0 Å². The molecule has 0 aromatic heterocycles. The van der Waals surface area contributed by atoms with Gasteiger partial charge < -0.3 is 14.9 Å². The molecule has 0 bridgehead atoms. The average Bonchev–Trinajstić information content (AvgIpc) is 2.35. The molecule has 0 aromatic rings. The number of carbonyl (C=O) groups excluding carboxylic acids is 2. The number of hydrogen-bond donors (Lipinski definition) is 1. The number of aliphatic carboxylic acids is 1. The summed E-state index contributed by atoms with van der Waals surface area (Å²) in [6, 6.07) is 0. The molecular weight excluding hydrogens is 248 g/mol.